The van der Waals surface area contributed by atoms with E-state index in [9.17, 15) is 13.2 Å². The minimum Gasteiger partial charge on any atom is -0.459 e. The first kappa shape index (κ1) is 17.7. The third kappa shape index (κ3) is 3.55. The molecule has 0 atom stereocenters. The first-order chi connectivity index (χ1) is 13.5. The zero-order chi connectivity index (χ0) is 19.6. The van der Waals surface area contributed by atoms with E-state index in [0.717, 1.165) is 0 Å². The summed E-state index contributed by atoms with van der Waals surface area (Å²) in [7, 11) is -3.73. The average molecular weight is 395 g/mol. The lowest BCUT2D eigenvalue weighted by Crippen LogP contribution is -2.16. The van der Waals surface area contributed by atoms with Crippen LogP contribution in [0, 0.1) is 0 Å². The van der Waals surface area contributed by atoms with Gasteiger partial charge in [-0.15, -0.1) is 4.40 Å². The normalized spacial score (nSPS) is 14.5. The fraction of sp³-hybridized carbons (Fsp3) is 0. The summed E-state index contributed by atoms with van der Waals surface area (Å²) in [6, 6.07) is 16.3. The standard InChI is InChI=1S/C19H13N3O5S/c23-18(16-5-3-11-26-16)21-20-12-13-7-9-14(10-8-13)27-19-15-4-1-2-6-17(15)28(24,25)22-19/h1-12H,(H,21,23)/b20-12-. The highest BCUT2D eigenvalue weighted by atomic mass is 32.2. The van der Waals surface area contributed by atoms with Gasteiger partial charge in [-0.3, -0.25) is 4.79 Å². The average Bonchev–Trinajstić information content (AvgIpc) is 3.31. The van der Waals surface area contributed by atoms with Crippen LogP contribution in [-0.4, -0.2) is 26.4 Å². The number of rotatable bonds is 4. The number of hydrazone groups is 1. The molecule has 0 saturated carbocycles. The number of sulfonamides is 1. The molecule has 2 aromatic carbocycles. The van der Waals surface area contributed by atoms with Crippen molar-refractivity contribution in [3.63, 3.8) is 0 Å². The Kier molecular flexibility index (Phi) is 4.50. The molecule has 9 heteroatoms. The van der Waals surface area contributed by atoms with E-state index in [0.29, 0.717) is 16.9 Å². The van der Waals surface area contributed by atoms with Gasteiger partial charge in [0.05, 0.1) is 18.0 Å². The third-order valence-electron chi connectivity index (χ3n) is 3.82. The number of fused-ring (bicyclic) bond motifs is 1. The van der Waals surface area contributed by atoms with Gasteiger partial charge in [-0.05, 0) is 54.1 Å². The van der Waals surface area contributed by atoms with E-state index < -0.39 is 15.9 Å². The van der Waals surface area contributed by atoms with E-state index in [1.54, 1.807) is 48.5 Å². The third-order valence-corrected chi connectivity index (χ3v) is 5.14. The van der Waals surface area contributed by atoms with Crippen LogP contribution < -0.4 is 10.2 Å². The van der Waals surface area contributed by atoms with Crippen LogP contribution in [-0.2, 0) is 10.0 Å². The Labute approximate surface area is 160 Å². The van der Waals surface area contributed by atoms with E-state index >= 15 is 0 Å². The fourth-order valence-electron chi connectivity index (χ4n) is 2.51. The Bertz CT molecular complexity index is 1180. The maximum absolute atomic E-state index is 12.0. The molecule has 1 aromatic heterocycles. The van der Waals surface area contributed by atoms with E-state index in [-0.39, 0.29) is 16.6 Å². The summed E-state index contributed by atoms with van der Waals surface area (Å²) in [4.78, 5) is 11.8. The Morgan fingerprint density at radius 2 is 1.86 bits per heavy atom. The number of furan rings is 1. The molecule has 0 bridgehead atoms. The van der Waals surface area contributed by atoms with Crippen molar-refractivity contribution in [1.82, 2.24) is 5.43 Å². The number of nitrogens with one attached hydrogen (secondary N) is 1. The zero-order valence-electron chi connectivity index (χ0n) is 14.3. The summed E-state index contributed by atoms with van der Waals surface area (Å²) in [5.41, 5.74) is 3.47. The molecule has 28 heavy (non-hydrogen) atoms. The summed E-state index contributed by atoms with van der Waals surface area (Å²) in [5, 5.41) is 3.85. The SMILES string of the molecule is O=C(N/N=C\c1ccc(OC2=NS(=O)(=O)c3ccccc32)cc1)c1ccco1. The van der Waals surface area contributed by atoms with Gasteiger partial charge in [0.2, 0.25) is 5.90 Å². The van der Waals surface area contributed by atoms with Crippen molar-refractivity contribution in [2.24, 2.45) is 9.50 Å². The smallest absolute Gasteiger partial charge is 0.307 e. The summed E-state index contributed by atoms with van der Waals surface area (Å²) >= 11 is 0. The van der Waals surface area contributed by atoms with Gasteiger partial charge in [-0.2, -0.15) is 13.5 Å². The molecule has 1 aliphatic rings. The van der Waals surface area contributed by atoms with E-state index in [2.05, 4.69) is 14.9 Å². The van der Waals surface area contributed by atoms with Gasteiger partial charge in [-0.1, -0.05) is 12.1 Å². The maximum Gasteiger partial charge on any atom is 0.307 e. The number of hydrogen-bond donors (Lipinski definition) is 1. The lowest BCUT2D eigenvalue weighted by molar-refractivity contribution is 0.0927. The molecule has 0 radical (unpaired) electrons. The highest BCUT2D eigenvalue weighted by Crippen LogP contribution is 2.27. The largest absolute Gasteiger partial charge is 0.459 e. The Balaban J connectivity index is 1.43. The van der Waals surface area contributed by atoms with Crippen molar-refractivity contribution in [1.29, 1.82) is 0 Å². The van der Waals surface area contributed by atoms with Crippen LogP contribution in [0.25, 0.3) is 0 Å². The van der Waals surface area contributed by atoms with Crippen LogP contribution >= 0.6 is 0 Å². The van der Waals surface area contributed by atoms with Crippen LogP contribution in [0.2, 0.25) is 0 Å². The molecule has 4 rings (SSSR count). The van der Waals surface area contributed by atoms with Crippen molar-refractivity contribution < 1.29 is 22.4 Å². The lowest BCUT2D eigenvalue weighted by atomic mass is 10.2. The topological polar surface area (TPSA) is 110 Å². The quantitative estimate of drug-likeness (QED) is 0.539. The van der Waals surface area contributed by atoms with E-state index in [4.69, 9.17) is 9.15 Å². The number of hydrogen-bond acceptors (Lipinski definition) is 6. The second-order valence-electron chi connectivity index (χ2n) is 5.72. The maximum atomic E-state index is 12.0. The number of carbonyl (C=O) groups excluding carboxylic acids is 1. The minimum atomic E-state index is -3.73. The van der Waals surface area contributed by atoms with Crippen molar-refractivity contribution in [2.45, 2.75) is 4.90 Å². The molecular formula is C19H13N3O5S. The van der Waals surface area contributed by atoms with E-state index in [1.165, 1.54) is 24.6 Å². The molecule has 3 aromatic rings. The van der Waals surface area contributed by atoms with Crippen molar-refractivity contribution >= 4 is 28.0 Å². The molecule has 0 unspecified atom stereocenters. The Hall–Kier alpha value is -3.72. The monoisotopic (exact) mass is 395 g/mol. The van der Waals surface area contributed by atoms with Crippen molar-refractivity contribution in [2.75, 3.05) is 0 Å². The highest BCUT2D eigenvalue weighted by Gasteiger charge is 2.29. The number of nitrogens with zero attached hydrogens (tertiary/aromatic N) is 2. The number of benzene rings is 2. The minimum absolute atomic E-state index is 0.0303. The first-order valence-corrected chi connectivity index (χ1v) is 9.56. The van der Waals surface area contributed by atoms with Crippen LogP contribution in [0.3, 0.4) is 0 Å². The molecule has 2 heterocycles. The van der Waals surface area contributed by atoms with Gasteiger partial charge in [0, 0.05) is 0 Å². The number of amides is 1. The first-order valence-electron chi connectivity index (χ1n) is 8.12. The van der Waals surface area contributed by atoms with Gasteiger partial charge < -0.3 is 9.15 Å². The molecule has 140 valence electrons. The van der Waals surface area contributed by atoms with Gasteiger partial charge in [0.15, 0.2) is 5.76 Å². The van der Waals surface area contributed by atoms with Crippen molar-refractivity contribution in [3.05, 3.63) is 83.8 Å². The molecule has 0 spiro atoms. The Morgan fingerprint density at radius 1 is 1.07 bits per heavy atom. The molecular weight excluding hydrogens is 382 g/mol. The van der Waals surface area contributed by atoms with Gasteiger partial charge >= 0.3 is 5.91 Å². The number of ether oxygens (including phenoxy) is 1. The van der Waals surface area contributed by atoms with Crippen LogP contribution in [0.5, 0.6) is 5.75 Å². The molecule has 0 aliphatic carbocycles. The lowest BCUT2D eigenvalue weighted by Gasteiger charge is -2.05. The van der Waals surface area contributed by atoms with Gasteiger partial charge in [0.25, 0.3) is 10.0 Å². The summed E-state index contributed by atoms with van der Waals surface area (Å²) < 4.78 is 38.4. The highest BCUT2D eigenvalue weighted by molar-refractivity contribution is 7.90. The molecule has 0 fully saturated rings. The summed E-state index contributed by atoms with van der Waals surface area (Å²) in [5.74, 6) is 0.152. The van der Waals surface area contributed by atoms with Crippen LogP contribution in [0.15, 0.2) is 85.7 Å². The van der Waals surface area contributed by atoms with Gasteiger partial charge in [-0.25, -0.2) is 5.43 Å². The molecule has 1 aliphatic heterocycles. The molecule has 1 N–H and O–H groups in total. The molecule has 1 amide bonds. The predicted molar refractivity (Wildman–Crippen MR) is 101 cm³/mol. The summed E-state index contributed by atoms with van der Waals surface area (Å²) in [6.07, 6.45) is 2.85. The molecule has 8 nitrogen and oxygen atoms in total. The second kappa shape index (κ2) is 7.12. The summed E-state index contributed by atoms with van der Waals surface area (Å²) in [6.45, 7) is 0. The van der Waals surface area contributed by atoms with Crippen LogP contribution in [0.1, 0.15) is 21.7 Å². The molecule has 0 saturated heterocycles. The fourth-order valence-corrected chi connectivity index (χ4v) is 3.65. The predicted octanol–water partition coefficient (Wildman–Crippen LogP) is 2.57. The van der Waals surface area contributed by atoms with Crippen molar-refractivity contribution in [3.8, 4) is 5.75 Å². The second-order valence-corrected chi connectivity index (χ2v) is 7.29. The van der Waals surface area contributed by atoms with Crippen LogP contribution in [0.4, 0.5) is 0 Å². The number of carbonyl (C=O) groups is 1. The van der Waals surface area contributed by atoms with E-state index in [1.807, 2.05) is 0 Å². The Morgan fingerprint density at radius 3 is 2.61 bits per heavy atom. The van der Waals surface area contributed by atoms with Gasteiger partial charge in [0.1, 0.15) is 10.6 Å². The zero-order valence-corrected chi connectivity index (χ0v) is 15.1.